The summed E-state index contributed by atoms with van der Waals surface area (Å²) < 4.78 is 11.1. The smallest absolute Gasteiger partial charge is 0.274 e. The summed E-state index contributed by atoms with van der Waals surface area (Å²) in [6, 6.07) is 12.4. The van der Waals surface area contributed by atoms with Gasteiger partial charge in [-0.2, -0.15) is 0 Å². The Morgan fingerprint density at radius 1 is 1.25 bits per heavy atom. The van der Waals surface area contributed by atoms with E-state index in [1.165, 1.54) is 4.90 Å². The lowest BCUT2D eigenvalue weighted by molar-refractivity contribution is -0.136. The highest BCUT2D eigenvalue weighted by atomic mass is 16.5. The van der Waals surface area contributed by atoms with Crippen LogP contribution >= 0.6 is 0 Å². The van der Waals surface area contributed by atoms with E-state index in [2.05, 4.69) is 0 Å². The van der Waals surface area contributed by atoms with E-state index in [1.807, 2.05) is 29.2 Å². The molecular weight excluding hydrogens is 362 g/mol. The molecule has 1 aliphatic heterocycles. The molecule has 8 nitrogen and oxygen atoms in total. The van der Waals surface area contributed by atoms with Crippen molar-refractivity contribution in [3.05, 3.63) is 53.6 Å². The van der Waals surface area contributed by atoms with Gasteiger partial charge >= 0.3 is 0 Å². The maximum absolute atomic E-state index is 12.5. The molecule has 0 radical (unpaired) electrons. The molecule has 3 rings (SSSR count). The molecule has 2 amide bonds. The number of nitrogens with one attached hydrogen (secondary N) is 1. The molecule has 0 spiro atoms. The maximum Gasteiger partial charge on any atom is 0.274 e. The van der Waals surface area contributed by atoms with Crippen LogP contribution in [0.5, 0.6) is 11.5 Å². The maximum atomic E-state index is 12.5. The lowest BCUT2D eigenvalue weighted by Crippen LogP contribution is -2.48. The molecule has 8 heteroatoms. The Labute approximate surface area is 163 Å². The molecule has 1 unspecified atom stereocenters. The minimum Gasteiger partial charge on any atom is -0.497 e. The predicted octanol–water partition coefficient (Wildman–Crippen LogP) is 1.67. The largest absolute Gasteiger partial charge is 0.497 e. The van der Waals surface area contributed by atoms with Gasteiger partial charge in [0.1, 0.15) is 11.5 Å². The summed E-state index contributed by atoms with van der Waals surface area (Å²) in [5, 5.41) is 8.91. The number of benzene rings is 2. The van der Waals surface area contributed by atoms with Crippen LogP contribution in [0.15, 0.2) is 42.5 Å². The van der Waals surface area contributed by atoms with Crippen molar-refractivity contribution in [1.82, 2.24) is 10.4 Å². The number of fused-ring (bicyclic) bond motifs is 1. The number of hydrogen-bond acceptors (Lipinski definition) is 6. The molecule has 28 heavy (non-hydrogen) atoms. The first kappa shape index (κ1) is 19.5. The molecule has 148 valence electrons. The van der Waals surface area contributed by atoms with Crippen molar-refractivity contribution in [2.75, 3.05) is 32.6 Å². The zero-order chi connectivity index (χ0) is 20.3. The number of methoxy groups -OCH3 is 1. The van der Waals surface area contributed by atoms with Crippen molar-refractivity contribution in [1.29, 1.82) is 0 Å². The van der Waals surface area contributed by atoms with Gasteiger partial charge in [0.2, 0.25) is 0 Å². The van der Waals surface area contributed by atoms with E-state index in [4.69, 9.17) is 14.7 Å². The Morgan fingerprint density at radius 2 is 1.96 bits per heavy atom. The monoisotopic (exact) mass is 385 g/mol. The van der Waals surface area contributed by atoms with Crippen molar-refractivity contribution in [2.45, 2.75) is 12.6 Å². The molecule has 1 atom stereocenters. The average Bonchev–Trinajstić information content (AvgIpc) is 2.72. The summed E-state index contributed by atoms with van der Waals surface area (Å²) in [5.74, 6) is 0.518. The van der Waals surface area contributed by atoms with Gasteiger partial charge in [0.05, 0.1) is 19.3 Å². The quantitative estimate of drug-likeness (QED) is 0.601. The van der Waals surface area contributed by atoms with Crippen LogP contribution in [0.1, 0.15) is 15.9 Å². The van der Waals surface area contributed by atoms with E-state index in [0.29, 0.717) is 30.1 Å². The summed E-state index contributed by atoms with van der Waals surface area (Å²) >= 11 is 0. The second-order valence-corrected chi connectivity index (χ2v) is 6.69. The third-order valence-electron chi connectivity index (χ3n) is 4.57. The minimum atomic E-state index is -0.654. The molecular formula is C20H23N3O5. The molecule has 0 fully saturated rings. The SMILES string of the molecule is COc1ccc(CN2CC(C(=O)N(C)C)Oc3ccc(C(=O)NO)cc32)cc1. The Bertz CT molecular complexity index is 867. The zero-order valence-electron chi connectivity index (χ0n) is 16.0. The fraction of sp³-hybridized carbons (Fsp3) is 0.300. The minimum absolute atomic E-state index is 0.137. The van der Waals surface area contributed by atoms with Crippen molar-refractivity contribution in [3.8, 4) is 11.5 Å². The van der Waals surface area contributed by atoms with Crippen LogP contribution in [0, 0.1) is 0 Å². The van der Waals surface area contributed by atoms with Gasteiger partial charge in [-0.05, 0) is 35.9 Å². The van der Waals surface area contributed by atoms with Gasteiger partial charge in [0, 0.05) is 26.2 Å². The highest BCUT2D eigenvalue weighted by Crippen LogP contribution is 2.35. The van der Waals surface area contributed by atoms with Gasteiger partial charge in [-0.3, -0.25) is 14.8 Å². The third-order valence-corrected chi connectivity index (χ3v) is 4.57. The molecule has 0 bridgehead atoms. The third kappa shape index (κ3) is 4.01. The summed E-state index contributed by atoms with van der Waals surface area (Å²) in [7, 11) is 4.98. The van der Waals surface area contributed by atoms with Gasteiger partial charge in [-0.15, -0.1) is 0 Å². The van der Waals surface area contributed by atoms with E-state index in [0.717, 1.165) is 11.3 Å². The molecule has 0 saturated heterocycles. The molecule has 1 heterocycles. The highest BCUT2D eigenvalue weighted by molar-refractivity contribution is 5.95. The van der Waals surface area contributed by atoms with E-state index in [1.54, 1.807) is 44.9 Å². The fourth-order valence-corrected chi connectivity index (χ4v) is 3.08. The second-order valence-electron chi connectivity index (χ2n) is 6.69. The average molecular weight is 385 g/mol. The lowest BCUT2D eigenvalue weighted by Gasteiger charge is -2.36. The summed E-state index contributed by atoms with van der Waals surface area (Å²) in [4.78, 5) is 27.8. The Balaban J connectivity index is 1.95. The lowest BCUT2D eigenvalue weighted by atomic mass is 10.1. The summed E-state index contributed by atoms with van der Waals surface area (Å²) in [6.07, 6.45) is -0.654. The number of rotatable bonds is 5. The number of carbonyl (C=O) groups is 2. The van der Waals surface area contributed by atoms with E-state index < -0.39 is 12.0 Å². The van der Waals surface area contributed by atoms with E-state index >= 15 is 0 Å². The normalized spacial score (nSPS) is 15.3. The highest BCUT2D eigenvalue weighted by Gasteiger charge is 2.32. The fourth-order valence-electron chi connectivity index (χ4n) is 3.08. The molecule has 2 aromatic carbocycles. The number of carbonyl (C=O) groups excluding carboxylic acids is 2. The van der Waals surface area contributed by atoms with E-state index in [-0.39, 0.29) is 5.91 Å². The number of likely N-dealkylation sites (N-methyl/N-ethyl adjacent to an activating group) is 1. The van der Waals surface area contributed by atoms with Crippen LogP contribution in [-0.4, -0.2) is 55.8 Å². The number of nitrogens with zero attached hydrogens (tertiary/aromatic N) is 2. The Hall–Kier alpha value is -3.26. The summed E-state index contributed by atoms with van der Waals surface area (Å²) in [6.45, 7) is 0.849. The van der Waals surface area contributed by atoms with Crippen LogP contribution < -0.4 is 19.9 Å². The van der Waals surface area contributed by atoms with Gasteiger partial charge in [-0.1, -0.05) is 12.1 Å². The van der Waals surface area contributed by atoms with Crippen molar-refractivity contribution < 1.29 is 24.3 Å². The van der Waals surface area contributed by atoms with Gasteiger partial charge in [0.25, 0.3) is 11.8 Å². The van der Waals surface area contributed by atoms with Crippen LogP contribution in [0.25, 0.3) is 0 Å². The van der Waals surface area contributed by atoms with Crippen molar-refractivity contribution in [3.63, 3.8) is 0 Å². The Morgan fingerprint density at radius 3 is 2.57 bits per heavy atom. The zero-order valence-corrected chi connectivity index (χ0v) is 16.0. The topological polar surface area (TPSA) is 91.3 Å². The number of hydrogen-bond donors (Lipinski definition) is 2. The van der Waals surface area contributed by atoms with Gasteiger partial charge in [-0.25, -0.2) is 5.48 Å². The van der Waals surface area contributed by atoms with Crippen LogP contribution in [0.2, 0.25) is 0 Å². The van der Waals surface area contributed by atoms with Gasteiger partial charge < -0.3 is 19.3 Å². The standard InChI is InChI=1S/C20H23N3O5/c1-22(2)20(25)18-12-23(11-13-4-7-15(27-3)8-5-13)16-10-14(19(24)21-26)6-9-17(16)28-18/h4-10,18,26H,11-12H2,1-3H3,(H,21,24). The molecule has 0 aromatic heterocycles. The molecule has 2 aromatic rings. The summed E-state index contributed by atoms with van der Waals surface area (Å²) in [5.41, 5.74) is 3.62. The molecule has 1 aliphatic rings. The van der Waals surface area contributed by atoms with Crippen molar-refractivity contribution in [2.24, 2.45) is 0 Å². The predicted molar refractivity (Wildman–Crippen MR) is 103 cm³/mol. The first-order valence-corrected chi connectivity index (χ1v) is 8.77. The van der Waals surface area contributed by atoms with E-state index in [9.17, 15) is 9.59 Å². The molecule has 2 N–H and O–H groups in total. The van der Waals surface area contributed by atoms with Crippen molar-refractivity contribution >= 4 is 17.5 Å². The molecule has 0 aliphatic carbocycles. The van der Waals surface area contributed by atoms with Crippen LogP contribution in [0.3, 0.4) is 0 Å². The Kier molecular flexibility index (Phi) is 5.70. The number of anilines is 1. The first-order valence-electron chi connectivity index (χ1n) is 8.77. The second kappa shape index (κ2) is 8.18. The van der Waals surface area contributed by atoms with Crippen LogP contribution in [0.4, 0.5) is 5.69 Å². The number of amides is 2. The number of ether oxygens (including phenoxy) is 2. The first-order chi connectivity index (χ1) is 13.4. The van der Waals surface area contributed by atoms with Crippen LogP contribution in [-0.2, 0) is 11.3 Å². The molecule has 0 saturated carbocycles. The number of hydroxylamine groups is 1. The van der Waals surface area contributed by atoms with Gasteiger partial charge in [0.15, 0.2) is 6.10 Å².